The molecule has 0 radical (unpaired) electrons. The normalized spacial score (nSPS) is 11.2. The van der Waals surface area contributed by atoms with E-state index in [1.807, 2.05) is 24.3 Å². The number of H-pyrrole nitrogens is 1. The summed E-state index contributed by atoms with van der Waals surface area (Å²) in [7, 11) is 0. The minimum Gasteiger partial charge on any atom is -0.494 e. The van der Waals surface area contributed by atoms with Crippen molar-refractivity contribution >= 4 is 18.4 Å². The Morgan fingerprint density at radius 2 is 1.92 bits per heavy atom. The lowest BCUT2D eigenvalue weighted by Gasteiger charge is -2.04. The monoisotopic (exact) mass is 370 g/mol. The molecule has 0 saturated carbocycles. The summed E-state index contributed by atoms with van der Waals surface area (Å²) < 4.78 is 20.6. The van der Waals surface area contributed by atoms with E-state index in [1.54, 1.807) is 23.0 Å². The summed E-state index contributed by atoms with van der Waals surface area (Å²) in [6, 6.07) is 14.0. The van der Waals surface area contributed by atoms with E-state index in [-0.39, 0.29) is 5.82 Å². The van der Waals surface area contributed by atoms with Gasteiger partial charge in [-0.15, -0.1) is 0 Å². The van der Waals surface area contributed by atoms with Gasteiger partial charge in [-0.3, -0.25) is 5.10 Å². The second-order valence-corrected chi connectivity index (χ2v) is 6.11. The maximum absolute atomic E-state index is 13.0. The average molecular weight is 370 g/mol. The van der Waals surface area contributed by atoms with Crippen LogP contribution < -0.4 is 4.74 Å². The van der Waals surface area contributed by atoms with Crippen LogP contribution in [0.4, 0.5) is 4.39 Å². The standard InChI is InChI=1S/C19H19FN4OS/c1-2-11-25-17-9-5-15(6-10-17)13-21-24-18(22-23-19(24)26)12-14-3-7-16(20)8-4-14/h3-10,13H,2,11-12H2,1H3,(H,23,26)/b21-13-. The molecule has 0 aliphatic carbocycles. The van der Waals surface area contributed by atoms with E-state index in [1.165, 1.54) is 12.1 Å². The first-order valence-corrected chi connectivity index (χ1v) is 8.74. The van der Waals surface area contributed by atoms with Gasteiger partial charge in [-0.2, -0.15) is 14.9 Å². The molecule has 3 aromatic rings. The van der Waals surface area contributed by atoms with Gasteiger partial charge in [-0.05, 0) is 66.2 Å². The van der Waals surface area contributed by atoms with E-state index in [2.05, 4.69) is 22.2 Å². The zero-order valence-corrected chi connectivity index (χ0v) is 15.2. The Balaban J connectivity index is 1.75. The van der Waals surface area contributed by atoms with Crippen molar-refractivity contribution in [3.63, 3.8) is 0 Å². The Morgan fingerprint density at radius 1 is 1.19 bits per heavy atom. The molecule has 0 fully saturated rings. The molecule has 0 bridgehead atoms. The molecule has 134 valence electrons. The highest BCUT2D eigenvalue weighted by Gasteiger charge is 2.06. The van der Waals surface area contributed by atoms with Crippen LogP contribution in [0, 0.1) is 10.6 Å². The predicted molar refractivity (Wildman–Crippen MR) is 102 cm³/mol. The van der Waals surface area contributed by atoms with Gasteiger partial charge in [0.2, 0.25) is 4.77 Å². The summed E-state index contributed by atoms with van der Waals surface area (Å²) in [6.45, 7) is 2.77. The Hall–Kier alpha value is -2.80. The van der Waals surface area contributed by atoms with Crippen LogP contribution >= 0.6 is 12.2 Å². The zero-order valence-electron chi connectivity index (χ0n) is 14.4. The molecular weight excluding hydrogens is 351 g/mol. The van der Waals surface area contributed by atoms with E-state index in [4.69, 9.17) is 17.0 Å². The van der Waals surface area contributed by atoms with Gasteiger partial charge >= 0.3 is 0 Å². The van der Waals surface area contributed by atoms with Crippen molar-refractivity contribution in [1.82, 2.24) is 14.9 Å². The number of halogens is 1. The Kier molecular flexibility index (Phi) is 5.91. The second-order valence-electron chi connectivity index (χ2n) is 5.72. The number of benzene rings is 2. The van der Waals surface area contributed by atoms with Gasteiger partial charge in [0.15, 0.2) is 5.82 Å². The molecule has 0 saturated heterocycles. The second kappa shape index (κ2) is 8.53. The van der Waals surface area contributed by atoms with Crippen LogP contribution in [0.5, 0.6) is 5.75 Å². The Morgan fingerprint density at radius 3 is 2.62 bits per heavy atom. The fourth-order valence-electron chi connectivity index (χ4n) is 2.34. The summed E-state index contributed by atoms with van der Waals surface area (Å²) in [5, 5.41) is 11.4. The molecule has 0 atom stereocenters. The quantitative estimate of drug-likeness (QED) is 0.497. The first-order chi connectivity index (χ1) is 12.7. The van der Waals surface area contributed by atoms with Crippen LogP contribution in [0.3, 0.4) is 0 Å². The Bertz CT molecular complexity index is 929. The van der Waals surface area contributed by atoms with Crippen molar-refractivity contribution < 1.29 is 9.13 Å². The number of hydrogen-bond donors (Lipinski definition) is 1. The van der Waals surface area contributed by atoms with Crippen molar-refractivity contribution in [2.75, 3.05) is 6.61 Å². The van der Waals surface area contributed by atoms with E-state index >= 15 is 0 Å². The third kappa shape index (κ3) is 4.64. The number of aromatic nitrogens is 3. The summed E-state index contributed by atoms with van der Waals surface area (Å²) in [6.07, 6.45) is 3.18. The van der Waals surface area contributed by atoms with Crippen LogP contribution in [-0.4, -0.2) is 27.7 Å². The van der Waals surface area contributed by atoms with Crippen LogP contribution in [0.1, 0.15) is 30.3 Å². The van der Waals surface area contributed by atoms with Gasteiger partial charge in [-0.1, -0.05) is 19.1 Å². The van der Waals surface area contributed by atoms with Gasteiger partial charge in [0, 0.05) is 6.42 Å². The number of ether oxygens (including phenoxy) is 1. The van der Waals surface area contributed by atoms with Gasteiger partial charge in [0.05, 0.1) is 12.8 Å². The number of nitrogens with zero attached hydrogens (tertiary/aromatic N) is 3. The molecule has 1 N–H and O–H groups in total. The molecule has 1 heterocycles. The van der Waals surface area contributed by atoms with Crippen molar-refractivity contribution in [3.05, 3.63) is 76.1 Å². The van der Waals surface area contributed by atoms with E-state index in [9.17, 15) is 4.39 Å². The Labute approximate surface area is 156 Å². The van der Waals surface area contributed by atoms with Gasteiger partial charge in [-0.25, -0.2) is 4.39 Å². The predicted octanol–water partition coefficient (Wildman–Crippen LogP) is 4.34. The van der Waals surface area contributed by atoms with Gasteiger partial charge in [0.1, 0.15) is 11.6 Å². The smallest absolute Gasteiger partial charge is 0.216 e. The topological polar surface area (TPSA) is 55.2 Å². The lowest BCUT2D eigenvalue weighted by molar-refractivity contribution is 0.317. The molecule has 0 aliphatic heterocycles. The average Bonchev–Trinajstić information content (AvgIpc) is 3.00. The van der Waals surface area contributed by atoms with E-state index in [0.29, 0.717) is 23.6 Å². The number of aromatic amines is 1. The first-order valence-electron chi connectivity index (χ1n) is 8.33. The summed E-state index contributed by atoms with van der Waals surface area (Å²) in [5.74, 6) is 1.22. The number of nitrogens with one attached hydrogen (secondary N) is 1. The van der Waals surface area contributed by atoms with Crippen LogP contribution in [0.25, 0.3) is 0 Å². The fraction of sp³-hybridized carbons (Fsp3) is 0.211. The van der Waals surface area contributed by atoms with E-state index < -0.39 is 0 Å². The van der Waals surface area contributed by atoms with Crippen LogP contribution in [0.15, 0.2) is 53.6 Å². The minimum absolute atomic E-state index is 0.267. The lowest BCUT2D eigenvalue weighted by Crippen LogP contribution is -2.00. The number of hydrogen-bond acceptors (Lipinski definition) is 4. The molecule has 2 aromatic carbocycles. The maximum Gasteiger partial charge on any atom is 0.216 e. The summed E-state index contributed by atoms with van der Waals surface area (Å²) in [4.78, 5) is 0. The van der Waals surface area contributed by atoms with Crippen molar-refractivity contribution in [3.8, 4) is 5.75 Å². The molecule has 5 nitrogen and oxygen atoms in total. The fourth-order valence-corrected chi connectivity index (χ4v) is 2.54. The minimum atomic E-state index is -0.267. The maximum atomic E-state index is 13.0. The molecule has 0 unspecified atom stereocenters. The zero-order chi connectivity index (χ0) is 18.4. The molecule has 0 aliphatic rings. The highest BCUT2D eigenvalue weighted by molar-refractivity contribution is 7.71. The SMILES string of the molecule is CCCOc1ccc(/C=N\n2c(Cc3ccc(F)cc3)n[nH]c2=S)cc1. The highest BCUT2D eigenvalue weighted by Crippen LogP contribution is 2.12. The largest absolute Gasteiger partial charge is 0.494 e. The first kappa shape index (κ1) is 18.0. The molecule has 1 aromatic heterocycles. The van der Waals surface area contributed by atoms with Crippen molar-refractivity contribution in [2.24, 2.45) is 5.10 Å². The van der Waals surface area contributed by atoms with Gasteiger partial charge in [0.25, 0.3) is 0 Å². The van der Waals surface area contributed by atoms with Gasteiger partial charge < -0.3 is 4.74 Å². The molecule has 0 amide bonds. The molecular formula is C19H19FN4OS. The lowest BCUT2D eigenvalue weighted by atomic mass is 10.1. The molecule has 0 spiro atoms. The van der Waals surface area contributed by atoms with Crippen molar-refractivity contribution in [1.29, 1.82) is 0 Å². The van der Waals surface area contributed by atoms with E-state index in [0.717, 1.165) is 23.3 Å². The molecule has 7 heteroatoms. The summed E-state index contributed by atoms with van der Waals surface area (Å²) >= 11 is 5.25. The highest BCUT2D eigenvalue weighted by atomic mass is 32.1. The summed E-state index contributed by atoms with van der Waals surface area (Å²) in [5.41, 5.74) is 1.85. The molecule has 3 rings (SSSR count). The van der Waals surface area contributed by atoms with Crippen LogP contribution in [-0.2, 0) is 6.42 Å². The number of rotatable bonds is 7. The van der Waals surface area contributed by atoms with Crippen molar-refractivity contribution in [2.45, 2.75) is 19.8 Å². The van der Waals surface area contributed by atoms with Crippen LogP contribution in [0.2, 0.25) is 0 Å². The molecule has 26 heavy (non-hydrogen) atoms. The third-order valence-electron chi connectivity index (χ3n) is 3.67. The third-order valence-corrected chi connectivity index (χ3v) is 3.93.